The van der Waals surface area contributed by atoms with E-state index in [0.29, 0.717) is 28.6 Å². The normalized spacial score (nSPS) is 21.5. The van der Waals surface area contributed by atoms with Crippen molar-refractivity contribution < 1.29 is 8.42 Å². The molecule has 0 aromatic heterocycles. The average molecular weight is 339 g/mol. The highest BCUT2D eigenvalue weighted by atomic mass is 35.5. The van der Waals surface area contributed by atoms with E-state index in [1.54, 1.807) is 25.1 Å². The molecule has 1 aliphatic rings. The summed E-state index contributed by atoms with van der Waals surface area (Å²) < 4.78 is 26.7. The van der Waals surface area contributed by atoms with Crippen LogP contribution in [0.15, 0.2) is 23.1 Å². The van der Waals surface area contributed by atoms with Crippen LogP contribution in [-0.4, -0.2) is 31.9 Å². The van der Waals surface area contributed by atoms with Gasteiger partial charge in [0.15, 0.2) is 0 Å². The van der Waals surface area contributed by atoms with E-state index in [-0.39, 0.29) is 24.4 Å². The van der Waals surface area contributed by atoms with Gasteiger partial charge in [0.05, 0.1) is 4.90 Å². The molecule has 2 rings (SSSR count). The van der Waals surface area contributed by atoms with Crippen molar-refractivity contribution >= 4 is 34.0 Å². The molecule has 2 N–H and O–H groups in total. The number of nitrogens with two attached hydrogens (primary N) is 1. The lowest BCUT2D eigenvalue weighted by Gasteiger charge is -2.19. The molecule has 1 heterocycles. The Labute approximate surface area is 131 Å². The van der Waals surface area contributed by atoms with Crippen molar-refractivity contribution in [3.8, 4) is 0 Å². The van der Waals surface area contributed by atoms with Gasteiger partial charge in [0.25, 0.3) is 0 Å². The fourth-order valence-corrected chi connectivity index (χ4v) is 4.39. The maximum absolute atomic E-state index is 12.6. The van der Waals surface area contributed by atoms with Crippen molar-refractivity contribution in [2.24, 2.45) is 11.7 Å². The smallest absolute Gasteiger partial charge is 0.243 e. The van der Waals surface area contributed by atoms with Crippen LogP contribution < -0.4 is 5.73 Å². The third kappa shape index (κ3) is 3.46. The number of halogens is 2. The van der Waals surface area contributed by atoms with E-state index >= 15 is 0 Å². The van der Waals surface area contributed by atoms with E-state index < -0.39 is 10.0 Å². The topological polar surface area (TPSA) is 63.4 Å². The molecule has 1 saturated heterocycles. The summed E-state index contributed by atoms with van der Waals surface area (Å²) in [6.07, 6.45) is 0.823. The van der Waals surface area contributed by atoms with Gasteiger partial charge in [-0.25, -0.2) is 8.42 Å². The predicted octanol–water partition coefficient (Wildman–Crippen LogP) is 2.43. The molecule has 0 amide bonds. The first-order valence-corrected chi connectivity index (χ1v) is 8.16. The van der Waals surface area contributed by atoms with Crippen LogP contribution in [0.1, 0.15) is 18.9 Å². The molecule has 1 aromatic rings. The van der Waals surface area contributed by atoms with Gasteiger partial charge in [0.2, 0.25) is 10.0 Å². The third-order valence-corrected chi connectivity index (χ3v) is 5.95. The van der Waals surface area contributed by atoms with Gasteiger partial charge in [-0.15, -0.1) is 12.4 Å². The Bertz CT molecular complexity index is 576. The number of sulfonamides is 1. The van der Waals surface area contributed by atoms with E-state index in [0.717, 1.165) is 6.42 Å². The van der Waals surface area contributed by atoms with Crippen LogP contribution in [0, 0.1) is 12.8 Å². The van der Waals surface area contributed by atoms with Crippen molar-refractivity contribution in [1.29, 1.82) is 0 Å². The van der Waals surface area contributed by atoms with Crippen LogP contribution in [0.2, 0.25) is 5.02 Å². The maximum atomic E-state index is 12.6. The van der Waals surface area contributed by atoms with Gasteiger partial charge >= 0.3 is 0 Å². The van der Waals surface area contributed by atoms with Gasteiger partial charge in [-0.3, -0.25) is 0 Å². The first kappa shape index (κ1) is 17.7. The minimum atomic E-state index is -3.43. The number of rotatable bonds is 3. The van der Waals surface area contributed by atoms with Crippen molar-refractivity contribution in [3.05, 3.63) is 28.8 Å². The Balaban J connectivity index is 0.00000200. The van der Waals surface area contributed by atoms with Crippen LogP contribution in [0.4, 0.5) is 0 Å². The molecule has 0 radical (unpaired) electrons. The summed E-state index contributed by atoms with van der Waals surface area (Å²) in [5.74, 6) is 0.238. The molecular weight excluding hydrogens is 319 g/mol. The highest BCUT2D eigenvalue weighted by Gasteiger charge is 2.34. The molecule has 20 heavy (non-hydrogen) atoms. The van der Waals surface area contributed by atoms with Gasteiger partial charge in [0.1, 0.15) is 0 Å². The molecule has 4 nitrogen and oxygen atoms in total. The quantitative estimate of drug-likeness (QED) is 0.920. The highest BCUT2D eigenvalue weighted by molar-refractivity contribution is 7.89. The summed E-state index contributed by atoms with van der Waals surface area (Å²) in [6, 6.07) is 4.88. The zero-order valence-electron chi connectivity index (χ0n) is 11.5. The van der Waals surface area contributed by atoms with Gasteiger partial charge in [0, 0.05) is 24.2 Å². The first-order chi connectivity index (χ1) is 8.82. The lowest BCUT2D eigenvalue weighted by Crippen LogP contribution is -2.33. The Morgan fingerprint density at radius 3 is 2.60 bits per heavy atom. The van der Waals surface area contributed by atoms with E-state index in [4.69, 9.17) is 17.3 Å². The molecular formula is C13H20Cl2N2O2S. The Hall–Kier alpha value is -0.330. The second-order valence-corrected chi connectivity index (χ2v) is 7.52. The molecule has 0 saturated carbocycles. The maximum Gasteiger partial charge on any atom is 0.243 e. The zero-order chi connectivity index (χ0) is 14.2. The highest BCUT2D eigenvalue weighted by Crippen LogP contribution is 2.28. The zero-order valence-corrected chi connectivity index (χ0v) is 13.9. The molecule has 2 atom stereocenters. The summed E-state index contributed by atoms with van der Waals surface area (Å²) in [6.45, 7) is 4.73. The summed E-state index contributed by atoms with van der Waals surface area (Å²) >= 11 is 5.87. The van der Waals surface area contributed by atoms with Crippen molar-refractivity contribution in [1.82, 2.24) is 4.31 Å². The summed E-state index contributed by atoms with van der Waals surface area (Å²) in [5, 5.41) is 0.548. The Kier molecular flexibility index (Phi) is 5.87. The fraction of sp³-hybridized carbons (Fsp3) is 0.538. The fourth-order valence-electron chi connectivity index (χ4n) is 2.44. The van der Waals surface area contributed by atoms with E-state index in [9.17, 15) is 8.42 Å². The lowest BCUT2D eigenvalue weighted by atomic mass is 10.0. The van der Waals surface area contributed by atoms with Crippen molar-refractivity contribution in [2.75, 3.05) is 13.1 Å². The minimum absolute atomic E-state index is 0. The van der Waals surface area contributed by atoms with Crippen molar-refractivity contribution in [2.45, 2.75) is 31.2 Å². The number of hydrogen-bond acceptors (Lipinski definition) is 3. The molecule has 2 unspecified atom stereocenters. The Morgan fingerprint density at radius 2 is 2.10 bits per heavy atom. The van der Waals surface area contributed by atoms with Crippen LogP contribution in [-0.2, 0) is 10.0 Å². The van der Waals surface area contributed by atoms with Gasteiger partial charge in [-0.1, -0.05) is 11.6 Å². The van der Waals surface area contributed by atoms with Gasteiger partial charge in [-0.2, -0.15) is 4.31 Å². The summed E-state index contributed by atoms with van der Waals surface area (Å²) in [7, 11) is -3.43. The SMILES string of the molecule is Cc1cc(Cl)ccc1S(=O)(=O)N1CCC(C(C)N)C1.Cl. The molecule has 114 valence electrons. The molecule has 7 heteroatoms. The van der Waals surface area contributed by atoms with Crippen LogP contribution in [0.5, 0.6) is 0 Å². The van der Waals surface area contributed by atoms with E-state index in [1.165, 1.54) is 4.31 Å². The minimum Gasteiger partial charge on any atom is -0.328 e. The Morgan fingerprint density at radius 1 is 1.45 bits per heavy atom. The number of aryl methyl sites for hydroxylation is 1. The number of nitrogens with zero attached hydrogens (tertiary/aromatic N) is 1. The van der Waals surface area contributed by atoms with Gasteiger partial charge in [-0.05, 0) is 49.9 Å². The van der Waals surface area contributed by atoms with E-state index in [1.807, 2.05) is 6.92 Å². The van der Waals surface area contributed by atoms with Crippen LogP contribution in [0.3, 0.4) is 0 Å². The number of benzene rings is 1. The molecule has 1 aromatic carbocycles. The first-order valence-electron chi connectivity index (χ1n) is 6.34. The third-order valence-electron chi connectivity index (χ3n) is 3.69. The largest absolute Gasteiger partial charge is 0.328 e. The predicted molar refractivity (Wildman–Crippen MR) is 84.0 cm³/mol. The van der Waals surface area contributed by atoms with Crippen LogP contribution in [0.25, 0.3) is 0 Å². The van der Waals surface area contributed by atoms with E-state index in [2.05, 4.69) is 0 Å². The molecule has 0 spiro atoms. The van der Waals surface area contributed by atoms with Crippen LogP contribution >= 0.6 is 24.0 Å². The molecule has 0 bridgehead atoms. The molecule has 0 aliphatic carbocycles. The van der Waals surface area contributed by atoms with Crippen molar-refractivity contribution in [3.63, 3.8) is 0 Å². The number of hydrogen-bond donors (Lipinski definition) is 1. The standard InChI is InChI=1S/C13H19ClN2O2S.ClH/c1-9-7-12(14)3-4-13(9)19(17,18)16-6-5-11(8-16)10(2)15;/h3-4,7,10-11H,5-6,8,15H2,1-2H3;1H. The second-order valence-electron chi connectivity index (χ2n) is 5.18. The summed E-state index contributed by atoms with van der Waals surface area (Å²) in [5.41, 5.74) is 6.53. The summed E-state index contributed by atoms with van der Waals surface area (Å²) in [4.78, 5) is 0.335. The average Bonchev–Trinajstić information content (AvgIpc) is 2.78. The van der Waals surface area contributed by atoms with Gasteiger partial charge < -0.3 is 5.73 Å². The second kappa shape index (κ2) is 6.62. The lowest BCUT2D eigenvalue weighted by molar-refractivity contribution is 0.429. The molecule has 1 fully saturated rings. The molecule has 1 aliphatic heterocycles. The monoisotopic (exact) mass is 338 g/mol.